The number of amides is 1. The van der Waals surface area contributed by atoms with Crippen LogP contribution in [0.3, 0.4) is 0 Å². The molecule has 3 aromatic rings. The predicted molar refractivity (Wildman–Crippen MR) is 111 cm³/mol. The maximum absolute atomic E-state index is 12.7. The third-order valence-corrected chi connectivity index (χ3v) is 5.95. The largest absolute Gasteiger partial charge is 0.457 e. The van der Waals surface area contributed by atoms with Crippen LogP contribution in [0.2, 0.25) is 0 Å². The Morgan fingerprint density at radius 1 is 1.07 bits per heavy atom. The fourth-order valence-electron chi connectivity index (χ4n) is 2.71. The zero-order valence-electron chi connectivity index (χ0n) is 15.9. The summed E-state index contributed by atoms with van der Waals surface area (Å²) in [6, 6.07) is 16.8. The van der Waals surface area contributed by atoms with Gasteiger partial charge >= 0.3 is 0 Å². The summed E-state index contributed by atoms with van der Waals surface area (Å²) in [6.07, 6.45) is 3.27. The lowest BCUT2D eigenvalue weighted by atomic mass is 10.2. The summed E-state index contributed by atoms with van der Waals surface area (Å²) in [4.78, 5) is 15.4. The first-order valence-electron chi connectivity index (χ1n) is 8.96. The van der Waals surface area contributed by atoms with Gasteiger partial charge in [-0.15, -0.1) is 0 Å². The summed E-state index contributed by atoms with van der Waals surface area (Å²) in [5.41, 5.74) is 6.87. The van der Waals surface area contributed by atoms with Crippen molar-refractivity contribution in [2.24, 2.45) is 5.73 Å². The highest BCUT2D eigenvalue weighted by Gasteiger charge is 2.21. The van der Waals surface area contributed by atoms with E-state index in [1.165, 1.54) is 10.4 Å². The van der Waals surface area contributed by atoms with Crippen LogP contribution in [0, 0.1) is 0 Å². The number of anilines is 1. The Labute approximate surface area is 169 Å². The number of benzene rings is 2. The maximum atomic E-state index is 12.7. The fourth-order valence-corrected chi connectivity index (χ4v) is 3.81. The van der Waals surface area contributed by atoms with Crippen LogP contribution >= 0.6 is 0 Å². The van der Waals surface area contributed by atoms with Crippen molar-refractivity contribution in [2.75, 3.05) is 10.1 Å². The molecule has 0 aliphatic rings. The van der Waals surface area contributed by atoms with Crippen LogP contribution in [0.4, 0.5) is 5.69 Å². The molecule has 7 nitrogen and oxygen atoms in total. The molecule has 0 fully saturated rings. The predicted octanol–water partition coefficient (Wildman–Crippen LogP) is 3.33. The van der Waals surface area contributed by atoms with Crippen molar-refractivity contribution >= 4 is 21.6 Å². The van der Waals surface area contributed by atoms with E-state index < -0.39 is 15.9 Å². The summed E-state index contributed by atoms with van der Waals surface area (Å²) in [5, 5.41) is 0. The molecule has 0 unspecified atom stereocenters. The average molecular weight is 411 g/mol. The van der Waals surface area contributed by atoms with E-state index in [4.69, 9.17) is 10.5 Å². The number of rotatable bonds is 8. The van der Waals surface area contributed by atoms with Crippen LogP contribution in [-0.4, -0.2) is 25.1 Å². The second-order valence-corrected chi connectivity index (χ2v) is 8.44. The molecular weight excluding hydrogens is 390 g/mol. The molecule has 8 heteroatoms. The van der Waals surface area contributed by atoms with Crippen LogP contribution < -0.4 is 14.8 Å². The number of carbonyl (C=O) groups excluding carboxylic acids is 1. The second-order valence-electron chi connectivity index (χ2n) is 6.26. The van der Waals surface area contributed by atoms with Crippen LogP contribution in [-0.2, 0) is 16.6 Å². The Kier molecular flexibility index (Phi) is 6.13. The van der Waals surface area contributed by atoms with E-state index in [1.807, 2.05) is 6.07 Å². The Morgan fingerprint density at radius 3 is 2.45 bits per heavy atom. The molecule has 3 rings (SSSR count). The number of hydrogen-bond donors (Lipinski definition) is 1. The summed E-state index contributed by atoms with van der Waals surface area (Å²) < 4.78 is 32.6. The molecule has 1 heterocycles. The lowest BCUT2D eigenvalue weighted by Gasteiger charge is -2.24. The van der Waals surface area contributed by atoms with Crippen LogP contribution in [0.5, 0.6) is 11.5 Å². The first kappa shape index (κ1) is 20.3. The van der Waals surface area contributed by atoms with Gasteiger partial charge in [-0.1, -0.05) is 18.2 Å². The number of sulfonamides is 1. The molecule has 0 radical (unpaired) electrons. The number of carbonyl (C=O) groups is 1. The van der Waals surface area contributed by atoms with Gasteiger partial charge in [0.1, 0.15) is 11.5 Å². The summed E-state index contributed by atoms with van der Waals surface area (Å²) in [5.74, 6) is 0.266. The minimum absolute atomic E-state index is 0.0427. The standard InChI is InChI=1S/C21H21N3O4S/c1-2-29(26,27)24(15-16-6-5-11-23-14-16)18-8-4-10-20(13-18)28-19-9-3-7-17(12-19)21(22)25/h3-14H,2,15H2,1H3,(H2,22,25). The van der Waals surface area contributed by atoms with Crippen molar-refractivity contribution in [3.05, 3.63) is 84.2 Å². The minimum Gasteiger partial charge on any atom is -0.457 e. The lowest BCUT2D eigenvalue weighted by Crippen LogP contribution is -2.31. The molecule has 1 amide bonds. The molecule has 2 N–H and O–H groups in total. The number of ether oxygens (including phenoxy) is 1. The molecule has 0 atom stereocenters. The lowest BCUT2D eigenvalue weighted by molar-refractivity contribution is 0.1000. The zero-order chi connectivity index (χ0) is 20.9. The molecule has 0 aliphatic carbocycles. The quantitative estimate of drug-likeness (QED) is 0.612. The Hall–Kier alpha value is -3.39. The van der Waals surface area contributed by atoms with Crippen molar-refractivity contribution < 1.29 is 17.9 Å². The highest BCUT2D eigenvalue weighted by molar-refractivity contribution is 7.92. The van der Waals surface area contributed by atoms with E-state index >= 15 is 0 Å². The van der Waals surface area contributed by atoms with Crippen molar-refractivity contribution in [1.29, 1.82) is 0 Å². The van der Waals surface area contributed by atoms with Gasteiger partial charge in [-0.2, -0.15) is 0 Å². The number of nitrogens with zero attached hydrogens (tertiary/aromatic N) is 2. The first-order valence-corrected chi connectivity index (χ1v) is 10.6. The number of pyridine rings is 1. The number of aromatic nitrogens is 1. The molecule has 150 valence electrons. The van der Waals surface area contributed by atoms with Gasteiger partial charge in [-0.05, 0) is 48.9 Å². The fraction of sp³-hybridized carbons (Fsp3) is 0.143. The van der Waals surface area contributed by atoms with Gasteiger partial charge in [0.2, 0.25) is 15.9 Å². The summed E-state index contributed by atoms with van der Waals surface area (Å²) >= 11 is 0. The van der Waals surface area contributed by atoms with Gasteiger partial charge < -0.3 is 10.5 Å². The van der Waals surface area contributed by atoms with Gasteiger partial charge in [0.05, 0.1) is 18.0 Å². The normalized spacial score (nSPS) is 11.1. The number of hydrogen-bond acceptors (Lipinski definition) is 5. The van der Waals surface area contributed by atoms with Gasteiger partial charge in [0.15, 0.2) is 0 Å². The maximum Gasteiger partial charge on any atom is 0.248 e. The van der Waals surface area contributed by atoms with Crippen molar-refractivity contribution in [1.82, 2.24) is 4.98 Å². The highest BCUT2D eigenvalue weighted by atomic mass is 32.2. The van der Waals surface area contributed by atoms with E-state index in [0.717, 1.165) is 5.56 Å². The van der Waals surface area contributed by atoms with E-state index in [9.17, 15) is 13.2 Å². The topological polar surface area (TPSA) is 103 Å². The average Bonchev–Trinajstić information content (AvgIpc) is 2.73. The zero-order valence-corrected chi connectivity index (χ0v) is 16.7. The van der Waals surface area contributed by atoms with Crippen LogP contribution in [0.25, 0.3) is 0 Å². The molecule has 0 spiro atoms. The molecule has 1 aromatic heterocycles. The smallest absolute Gasteiger partial charge is 0.248 e. The van der Waals surface area contributed by atoms with Crippen LogP contribution in [0.1, 0.15) is 22.8 Å². The van der Waals surface area contributed by atoms with E-state index in [2.05, 4.69) is 4.98 Å². The van der Waals surface area contributed by atoms with Crippen molar-refractivity contribution in [2.45, 2.75) is 13.5 Å². The van der Waals surface area contributed by atoms with Gasteiger partial charge in [-0.3, -0.25) is 14.1 Å². The highest BCUT2D eigenvalue weighted by Crippen LogP contribution is 2.29. The number of primary amides is 1. The third kappa shape index (κ3) is 5.11. The summed E-state index contributed by atoms with van der Waals surface area (Å²) in [7, 11) is -3.53. The van der Waals surface area contributed by atoms with E-state index in [1.54, 1.807) is 67.8 Å². The molecule has 0 saturated carbocycles. The van der Waals surface area contributed by atoms with E-state index in [0.29, 0.717) is 22.7 Å². The van der Waals surface area contributed by atoms with Gasteiger partial charge in [0.25, 0.3) is 0 Å². The molecular formula is C21H21N3O4S. The monoisotopic (exact) mass is 411 g/mol. The molecule has 0 saturated heterocycles. The Balaban J connectivity index is 1.92. The summed E-state index contributed by atoms with van der Waals surface area (Å²) in [6.45, 7) is 1.76. The van der Waals surface area contributed by atoms with Crippen molar-refractivity contribution in [3.63, 3.8) is 0 Å². The van der Waals surface area contributed by atoms with Crippen molar-refractivity contribution in [3.8, 4) is 11.5 Å². The molecule has 0 aliphatic heterocycles. The third-order valence-electron chi connectivity index (χ3n) is 4.21. The number of nitrogens with two attached hydrogens (primary N) is 1. The molecule has 2 aromatic carbocycles. The van der Waals surface area contributed by atoms with Gasteiger partial charge in [0, 0.05) is 24.0 Å². The Morgan fingerprint density at radius 2 is 1.79 bits per heavy atom. The minimum atomic E-state index is -3.53. The SMILES string of the molecule is CCS(=O)(=O)N(Cc1cccnc1)c1cccc(Oc2cccc(C(N)=O)c2)c1. The second kappa shape index (κ2) is 8.74. The Bertz CT molecular complexity index is 1100. The van der Waals surface area contributed by atoms with Crippen LogP contribution in [0.15, 0.2) is 73.1 Å². The molecule has 29 heavy (non-hydrogen) atoms. The van der Waals surface area contributed by atoms with E-state index in [-0.39, 0.29) is 12.3 Å². The molecule has 0 bridgehead atoms. The first-order chi connectivity index (χ1) is 13.9. The van der Waals surface area contributed by atoms with Gasteiger partial charge in [-0.25, -0.2) is 8.42 Å².